The van der Waals surface area contributed by atoms with Crippen LogP contribution in [-0.4, -0.2) is 38.3 Å². The molecule has 0 fully saturated rings. The van der Waals surface area contributed by atoms with Crippen LogP contribution in [0.1, 0.15) is 13.8 Å². The molecule has 0 spiro atoms. The van der Waals surface area contributed by atoms with Crippen LogP contribution in [0.25, 0.3) is 0 Å². The summed E-state index contributed by atoms with van der Waals surface area (Å²) >= 11 is 0. The summed E-state index contributed by atoms with van der Waals surface area (Å²) in [7, 11) is -8.78. The highest BCUT2D eigenvalue weighted by Crippen LogP contribution is 2.36. The molecule has 21 heavy (non-hydrogen) atoms. The lowest BCUT2D eigenvalue weighted by atomic mass is 10.3. The Morgan fingerprint density at radius 1 is 1.24 bits per heavy atom. The van der Waals surface area contributed by atoms with Gasteiger partial charge in [0.25, 0.3) is 0 Å². The van der Waals surface area contributed by atoms with Crippen molar-refractivity contribution in [3.63, 3.8) is 0 Å². The molecule has 0 aliphatic carbocycles. The first-order valence-corrected chi connectivity index (χ1v) is 8.26. The van der Waals surface area contributed by atoms with Gasteiger partial charge in [0.2, 0.25) is 0 Å². The van der Waals surface area contributed by atoms with E-state index >= 15 is 0 Å². The Bertz CT molecular complexity index is 447. The van der Waals surface area contributed by atoms with Crippen LogP contribution in [0.5, 0.6) is 0 Å². The molecule has 4 N–H and O–H groups in total. The van der Waals surface area contributed by atoms with Gasteiger partial charge < -0.3 is 19.0 Å². The fourth-order valence-corrected chi connectivity index (χ4v) is 1.21. The number of rotatable bonds is 7. The number of esters is 1. The molecule has 0 aromatic rings. The number of phosphoric acid groups is 2. The third-order valence-corrected chi connectivity index (χ3v) is 2.26. The molecule has 0 heterocycles. The predicted octanol–water partition coefficient (Wildman–Crippen LogP) is 0.843. The molecule has 0 saturated carbocycles. The van der Waals surface area contributed by atoms with E-state index in [0.29, 0.717) is 6.26 Å². The van der Waals surface area contributed by atoms with Gasteiger partial charge in [-0.1, -0.05) is 13.2 Å². The minimum atomic E-state index is -4.50. The van der Waals surface area contributed by atoms with Crippen molar-refractivity contribution >= 4 is 21.6 Å². The van der Waals surface area contributed by atoms with Gasteiger partial charge in [0, 0.05) is 5.57 Å². The summed E-state index contributed by atoms with van der Waals surface area (Å²) in [6.45, 7) is 8.85. The van der Waals surface area contributed by atoms with Crippen LogP contribution in [-0.2, 0) is 27.7 Å². The smallest absolute Gasteiger partial charge is 0.457 e. The monoisotopic (exact) mass is 348 g/mol. The number of carbonyl (C=O) groups is 1. The van der Waals surface area contributed by atoms with Gasteiger partial charge in [-0.3, -0.25) is 14.3 Å². The van der Waals surface area contributed by atoms with Crippen LogP contribution < -0.4 is 0 Å². The van der Waals surface area contributed by atoms with Crippen molar-refractivity contribution in [2.75, 3.05) is 6.61 Å². The van der Waals surface area contributed by atoms with Crippen LogP contribution in [0.3, 0.4) is 0 Å². The van der Waals surface area contributed by atoms with E-state index in [4.69, 9.17) is 24.3 Å². The van der Waals surface area contributed by atoms with Crippen molar-refractivity contribution in [2.45, 2.75) is 20.0 Å². The maximum atomic E-state index is 10.9. The molecule has 1 atom stereocenters. The number of ether oxygens (including phenoxy) is 1. The van der Waals surface area contributed by atoms with Crippen LogP contribution >= 0.6 is 15.6 Å². The summed E-state index contributed by atoms with van der Waals surface area (Å²) in [6, 6.07) is 0. The van der Waals surface area contributed by atoms with Gasteiger partial charge >= 0.3 is 21.6 Å². The number of carbonyl (C=O) groups excluding carboxylic acids is 1. The first-order chi connectivity index (χ1) is 9.28. The summed E-state index contributed by atoms with van der Waals surface area (Å²) in [5, 5.41) is 0. The zero-order valence-corrected chi connectivity index (χ0v) is 13.2. The van der Waals surface area contributed by atoms with Crippen LogP contribution in [0.15, 0.2) is 25.0 Å². The molecule has 12 heteroatoms. The van der Waals surface area contributed by atoms with Crippen molar-refractivity contribution in [2.24, 2.45) is 0 Å². The summed E-state index contributed by atoms with van der Waals surface area (Å²) in [6.07, 6.45) is -0.0346. The molecular weight excluding hydrogens is 330 g/mol. The second-order valence-electron chi connectivity index (χ2n) is 3.55. The van der Waals surface area contributed by atoms with Crippen LogP contribution in [0.4, 0.5) is 0 Å². The largest absolute Gasteiger partial charge is 0.524 e. The molecule has 1 unspecified atom stereocenters. The van der Waals surface area contributed by atoms with Gasteiger partial charge in [0.05, 0.1) is 12.9 Å². The second kappa shape index (κ2) is 9.86. The first-order valence-electron chi connectivity index (χ1n) is 5.20. The summed E-state index contributed by atoms with van der Waals surface area (Å²) in [4.78, 5) is 43.3. The minimum absolute atomic E-state index is 0.216. The highest BCUT2D eigenvalue weighted by Gasteiger charge is 2.18. The van der Waals surface area contributed by atoms with E-state index < -0.39 is 27.7 Å². The van der Waals surface area contributed by atoms with E-state index in [1.807, 2.05) is 0 Å². The Hall–Kier alpha value is -0.990. The average Bonchev–Trinajstić information content (AvgIpc) is 2.24. The Balaban J connectivity index is 0. The molecule has 0 radical (unpaired) electrons. The van der Waals surface area contributed by atoms with Gasteiger partial charge in [-0.2, -0.15) is 0 Å². The van der Waals surface area contributed by atoms with Gasteiger partial charge in [0.15, 0.2) is 0 Å². The fraction of sp³-hybridized carbons (Fsp3) is 0.444. The molecule has 0 rings (SSSR count). The molecule has 0 bridgehead atoms. The molecule has 124 valence electrons. The predicted molar refractivity (Wildman–Crippen MR) is 71.7 cm³/mol. The highest BCUT2D eigenvalue weighted by atomic mass is 31.2. The average molecular weight is 348 g/mol. The molecule has 0 aliphatic rings. The van der Waals surface area contributed by atoms with E-state index in [2.05, 4.69) is 22.2 Å². The lowest BCUT2D eigenvalue weighted by Gasteiger charge is -2.13. The van der Waals surface area contributed by atoms with Crippen molar-refractivity contribution < 1.29 is 47.3 Å². The van der Waals surface area contributed by atoms with Gasteiger partial charge in [-0.25, -0.2) is 13.9 Å². The van der Waals surface area contributed by atoms with Crippen molar-refractivity contribution in [3.8, 4) is 0 Å². The third kappa shape index (κ3) is 19.0. The first kappa shape index (κ1) is 22.3. The normalized spacial score (nSPS) is 12.5. The lowest BCUT2D eigenvalue weighted by Crippen LogP contribution is -2.20. The highest BCUT2D eigenvalue weighted by molar-refractivity contribution is 7.46. The zero-order chi connectivity index (χ0) is 17.3. The maximum Gasteiger partial charge on any atom is 0.524 e. The van der Waals surface area contributed by atoms with Crippen molar-refractivity contribution in [3.05, 3.63) is 25.0 Å². The van der Waals surface area contributed by atoms with Crippen molar-refractivity contribution in [1.29, 1.82) is 0 Å². The fourth-order valence-electron chi connectivity index (χ4n) is 0.616. The van der Waals surface area contributed by atoms with E-state index in [-0.39, 0.29) is 12.2 Å². The molecule has 0 saturated heterocycles. The van der Waals surface area contributed by atoms with Gasteiger partial charge in [-0.15, -0.1) is 0 Å². The maximum absolute atomic E-state index is 10.9. The topological polar surface area (TPSA) is 160 Å². The van der Waals surface area contributed by atoms with E-state index in [1.165, 1.54) is 13.8 Å². The van der Waals surface area contributed by atoms with Crippen molar-refractivity contribution in [1.82, 2.24) is 0 Å². The van der Waals surface area contributed by atoms with Gasteiger partial charge in [0.1, 0.15) is 6.10 Å². The molecule has 0 aromatic carbocycles. The lowest BCUT2D eigenvalue weighted by molar-refractivity contribution is -0.144. The molecular formula is C9H18O10P2. The van der Waals surface area contributed by atoms with E-state index in [9.17, 15) is 13.9 Å². The minimum Gasteiger partial charge on any atom is -0.457 e. The van der Waals surface area contributed by atoms with Gasteiger partial charge in [-0.05, 0) is 13.8 Å². The zero-order valence-electron chi connectivity index (χ0n) is 11.4. The molecule has 0 aromatic heterocycles. The molecule has 0 amide bonds. The van der Waals surface area contributed by atoms with Crippen LogP contribution in [0, 0.1) is 0 Å². The second-order valence-corrected chi connectivity index (χ2v) is 5.98. The SMILES string of the molecule is C=C(C)C(=O)OC(C)COP(=O)(O)O.C=COP(=O)(O)O. The number of hydrogen-bond donors (Lipinski definition) is 4. The Morgan fingerprint density at radius 3 is 1.95 bits per heavy atom. The Labute approximate surface area is 121 Å². The third-order valence-electron chi connectivity index (χ3n) is 1.35. The van der Waals surface area contributed by atoms with E-state index in [0.717, 1.165) is 0 Å². The Kier molecular flexibility index (Phi) is 10.5. The molecule has 0 aliphatic heterocycles. The quantitative estimate of drug-likeness (QED) is 0.225. The summed E-state index contributed by atoms with van der Waals surface area (Å²) in [5.74, 6) is -0.619. The summed E-state index contributed by atoms with van der Waals surface area (Å²) < 4.78 is 32.4. The standard InChI is InChI=1S/C7H13O6P.C2H5O4P/c1-5(2)7(8)13-6(3)4-12-14(9,10)11;1-2-6-7(3,4)5/h6H,1,4H2,2-3H3,(H2,9,10,11);2H,1H2,(H2,3,4,5). The Morgan fingerprint density at radius 2 is 1.71 bits per heavy atom. The number of phosphoric ester groups is 2. The van der Waals surface area contributed by atoms with E-state index in [1.54, 1.807) is 0 Å². The number of hydrogen-bond acceptors (Lipinski definition) is 6. The summed E-state index contributed by atoms with van der Waals surface area (Å²) in [5.41, 5.74) is 0.216. The molecule has 10 nitrogen and oxygen atoms in total. The van der Waals surface area contributed by atoms with Crippen LogP contribution in [0.2, 0.25) is 0 Å².